The molecule has 0 saturated heterocycles. The molecule has 1 aromatic carbocycles. The Morgan fingerprint density at radius 3 is 2.85 bits per heavy atom. The smallest absolute Gasteiger partial charge is 0.338 e. The molecule has 1 atom stereocenters. The van der Waals surface area contributed by atoms with Gasteiger partial charge in [0.15, 0.2) is 6.10 Å². The first-order valence-electron chi connectivity index (χ1n) is 8.95. The minimum absolute atomic E-state index is 0.263. The highest BCUT2D eigenvalue weighted by Crippen LogP contribution is 2.22. The molecule has 8 heteroatoms. The minimum Gasteiger partial charge on any atom is -0.449 e. The summed E-state index contributed by atoms with van der Waals surface area (Å²) in [6.45, 7) is 2.23. The highest BCUT2D eigenvalue weighted by molar-refractivity contribution is 5.92. The van der Waals surface area contributed by atoms with E-state index >= 15 is 0 Å². The van der Waals surface area contributed by atoms with Crippen molar-refractivity contribution in [3.05, 3.63) is 36.2 Å². The van der Waals surface area contributed by atoms with Crippen molar-refractivity contribution in [2.75, 3.05) is 6.54 Å². The Morgan fingerprint density at radius 1 is 1.31 bits per heavy atom. The molecule has 2 aromatic rings. The minimum atomic E-state index is -0.845. The number of nitrogens with zero attached hydrogens (tertiary/aromatic N) is 4. The van der Waals surface area contributed by atoms with Crippen molar-refractivity contribution >= 4 is 11.9 Å². The Morgan fingerprint density at radius 2 is 2.12 bits per heavy atom. The number of hydrogen-bond donors (Lipinski definition) is 1. The van der Waals surface area contributed by atoms with Crippen molar-refractivity contribution in [3.63, 3.8) is 0 Å². The molecule has 1 fully saturated rings. The summed E-state index contributed by atoms with van der Waals surface area (Å²) in [5.41, 5.74) is 0.976. The summed E-state index contributed by atoms with van der Waals surface area (Å²) in [5, 5.41) is 13.8. The maximum atomic E-state index is 12.3. The number of nitrogens with one attached hydrogen (secondary N) is 1. The molecule has 0 bridgehead atoms. The Labute approximate surface area is 151 Å². The summed E-state index contributed by atoms with van der Waals surface area (Å²) in [6, 6.07) is 6.73. The summed E-state index contributed by atoms with van der Waals surface area (Å²) < 4.78 is 6.74. The van der Waals surface area contributed by atoms with Crippen LogP contribution in [0.5, 0.6) is 0 Å². The van der Waals surface area contributed by atoms with Crippen LogP contribution in [-0.4, -0.2) is 44.7 Å². The molecule has 26 heavy (non-hydrogen) atoms. The summed E-state index contributed by atoms with van der Waals surface area (Å²) in [5.74, 6) is -0.288. The highest BCUT2D eigenvalue weighted by atomic mass is 16.5. The van der Waals surface area contributed by atoms with Gasteiger partial charge in [0.05, 0.1) is 11.3 Å². The monoisotopic (exact) mass is 357 g/mol. The van der Waals surface area contributed by atoms with Crippen molar-refractivity contribution in [1.82, 2.24) is 25.5 Å². The van der Waals surface area contributed by atoms with Gasteiger partial charge >= 0.3 is 5.97 Å². The molecule has 1 aliphatic rings. The van der Waals surface area contributed by atoms with E-state index in [4.69, 9.17) is 4.74 Å². The van der Waals surface area contributed by atoms with Gasteiger partial charge in [0.1, 0.15) is 6.33 Å². The van der Waals surface area contributed by atoms with Gasteiger partial charge in [-0.3, -0.25) is 4.79 Å². The zero-order chi connectivity index (χ0) is 18.4. The van der Waals surface area contributed by atoms with E-state index in [1.165, 1.54) is 30.3 Å². The fraction of sp³-hybridized carbons (Fsp3) is 0.500. The molecule has 0 spiro atoms. The molecule has 0 aliphatic heterocycles. The quantitative estimate of drug-likeness (QED) is 0.793. The van der Waals surface area contributed by atoms with Gasteiger partial charge in [-0.1, -0.05) is 25.3 Å². The van der Waals surface area contributed by atoms with E-state index in [0.29, 0.717) is 23.7 Å². The van der Waals surface area contributed by atoms with E-state index in [9.17, 15) is 9.59 Å². The van der Waals surface area contributed by atoms with Gasteiger partial charge < -0.3 is 10.1 Å². The molecular weight excluding hydrogens is 334 g/mol. The summed E-state index contributed by atoms with van der Waals surface area (Å²) >= 11 is 0. The second-order valence-corrected chi connectivity index (χ2v) is 6.60. The molecule has 1 saturated carbocycles. The van der Waals surface area contributed by atoms with Crippen LogP contribution in [0.25, 0.3) is 5.69 Å². The number of carbonyl (C=O) groups is 2. The normalized spacial score (nSPS) is 16.0. The van der Waals surface area contributed by atoms with Gasteiger partial charge in [0.2, 0.25) is 0 Å². The van der Waals surface area contributed by atoms with Crippen LogP contribution in [-0.2, 0) is 9.53 Å². The largest absolute Gasteiger partial charge is 0.449 e. The average molecular weight is 357 g/mol. The van der Waals surface area contributed by atoms with E-state index < -0.39 is 12.1 Å². The third-order valence-electron chi connectivity index (χ3n) is 4.64. The first-order chi connectivity index (χ1) is 12.6. The number of benzene rings is 1. The fourth-order valence-corrected chi connectivity index (χ4v) is 3.12. The standard InChI is InChI=1S/C18H23N5O3/c1-13(17(24)19-11-14-6-3-2-4-7-14)26-18(25)15-8-5-9-16(10-15)23-12-20-21-22-23/h5,8-10,12-14H,2-4,6-7,11H2,1H3,(H,19,24)/t13-/m0/s1. The molecule has 1 N–H and O–H groups in total. The van der Waals surface area contributed by atoms with E-state index in [1.54, 1.807) is 31.2 Å². The van der Waals surface area contributed by atoms with E-state index in [2.05, 4.69) is 20.8 Å². The molecule has 3 rings (SSSR count). The fourth-order valence-electron chi connectivity index (χ4n) is 3.12. The van der Waals surface area contributed by atoms with Crippen molar-refractivity contribution in [1.29, 1.82) is 0 Å². The van der Waals surface area contributed by atoms with Crippen molar-refractivity contribution in [2.45, 2.75) is 45.1 Å². The number of carbonyl (C=O) groups excluding carboxylic acids is 2. The summed E-state index contributed by atoms with van der Waals surface area (Å²) in [7, 11) is 0. The number of hydrogen-bond acceptors (Lipinski definition) is 6. The van der Waals surface area contributed by atoms with Crippen LogP contribution in [0, 0.1) is 5.92 Å². The zero-order valence-corrected chi connectivity index (χ0v) is 14.8. The zero-order valence-electron chi connectivity index (χ0n) is 14.8. The number of tetrazole rings is 1. The summed E-state index contributed by atoms with van der Waals surface area (Å²) in [4.78, 5) is 24.5. The van der Waals surface area contributed by atoms with Gasteiger partial charge in [0.25, 0.3) is 5.91 Å². The molecule has 0 radical (unpaired) electrons. The number of ether oxygens (including phenoxy) is 1. The van der Waals surface area contributed by atoms with Crippen molar-refractivity contribution in [3.8, 4) is 5.69 Å². The van der Waals surface area contributed by atoms with Crippen LogP contribution in [0.2, 0.25) is 0 Å². The van der Waals surface area contributed by atoms with Gasteiger partial charge in [0, 0.05) is 6.54 Å². The maximum absolute atomic E-state index is 12.3. The van der Waals surface area contributed by atoms with Crippen LogP contribution in [0.3, 0.4) is 0 Å². The van der Waals surface area contributed by atoms with E-state index in [0.717, 1.165) is 12.8 Å². The number of rotatable bonds is 6. The lowest BCUT2D eigenvalue weighted by molar-refractivity contribution is -0.129. The van der Waals surface area contributed by atoms with Crippen LogP contribution in [0.15, 0.2) is 30.6 Å². The van der Waals surface area contributed by atoms with Crippen LogP contribution in [0.4, 0.5) is 0 Å². The summed E-state index contributed by atoms with van der Waals surface area (Å²) in [6.07, 6.45) is 6.62. The van der Waals surface area contributed by atoms with Crippen LogP contribution < -0.4 is 5.32 Å². The third-order valence-corrected chi connectivity index (χ3v) is 4.64. The molecule has 1 aliphatic carbocycles. The van der Waals surface area contributed by atoms with Gasteiger partial charge in [-0.2, -0.15) is 0 Å². The second-order valence-electron chi connectivity index (χ2n) is 6.60. The lowest BCUT2D eigenvalue weighted by Gasteiger charge is -2.22. The van der Waals surface area contributed by atoms with Crippen LogP contribution >= 0.6 is 0 Å². The van der Waals surface area contributed by atoms with Crippen LogP contribution in [0.1, 0.15) is 49.4 Å². The Hall–Kier alpha value is -2.77. The number of aromatic nitrogens is 4. The van der Waals surface area contributed by atoms with Gasteiger partial charge in [-0.25, -0.2) is 9.48 Å². The molecule has 138 valence electrons. The predicted octanol–water partition coefficient (Wildman–Crippen LogP) is 1.90. The molecule has 1 aromatic heterocycles. The van der Waals surface area contributed by atoms with Crippen molar-refractivity contribution < 1.29 is 14.3 Å². The first-order valence-corrected chi connectivity index (χ1v) is 8.95. The molecular formula is C18H23N5O3. The lowest BCUT2D eigenvalue weighted by Crippen LogP contribution is -2.38. The average Bonchev–Trinajstić information content (AvgIpc) is 3.22. The lowest BCUT2D eigenvalue weighted by atomic mass is 9.89. The molecule has 0 unspecified atom stereocenters. The number of amides is 1. The second kappa shape index (κ2) is 8.55. The highest BCUT2D eigenvalue weighted by Gasteiger charge is 2.21. The van der Waals surface area contributed by atoms with Crippen molar-refractivity contribution in [2.24, 2.45) is 5.92 Å². The SMILES string of the molecule is C[C@H](OC(=O)c1cccc(-n2cnnn2)c1)C(=O)NCC1CCCCC1. The Kier molecular flexibility index (Phi) is 5.93. The topological polar surface area (TPSA) is 99.0 Å². The Balaban J connectivity index is 1.53. The Bertz CT molecular complexity index is 741. The number of esters is 1. The first kappa shape index (κ1) is 18.0. The van der Waals surface area contributed by atoms with Gasteiger partial charge in [-0.15, -0.1) is 5.10 Å². The third kappa shape index (κ3) is 4.65. The van der Waals surface area contributed by atoms with E-state index in [-0.39, 0.29) is 5.91 Å². The van der Waals surface area contributed by atoms with E-state index in [1.807, 2.05) is 0 Å². The molecule has 1 amide bonds. The maximum Gasteiger partial charge on any atom is 0.338 e. The molecule has 8 nitrogen and oxygen atoms in total. The predicted molar refractivity (Wildman–Crippen MR) is 93.6 cm³/mol. The van der Waals surface area contributed by atoms with Gasteiger partial charge in [-0.05, 0) is 54.3 Å². The molecule has 1 heterocycles.